The fraction of sp³-hybridized carbons (Fsp3) is 0.222. The van der Waals surface area contributed by atoms with E-state index in [1.165, 1.54) is 4.88 Å². The van der Waals surface area contributed by atoms with Crippen LogP contribution in [0.2, 0.25) is 0 Å². The van der Waals surface area contributed by atoms with Crippen LogP contribution in [0, 0.1) is 6.92 Å². The second-order valence-electron chi connectivity index (χ2n) is 2.99. The van der Waals surface area contributed by atoms with Crippen molar-refractivity contribution in [2.24, 2.45) is 7.05 Å². The summed E-state index contributed by atoms with van der Waals surface area (Å²) in [5, 5.41) is 0.805. The van der Waals surface area contributed by atoms with Crippen LogP contribution in [0.4, 0.5) is 0 Å². The molecule has 0 radical (unpaired) electrons. The topological polar surface area (TPSA) is 22.0 Å². The Labute approximate surface area is 87.9 Å². The molecular formula is C9H8BrNOS. The number of aryl methyl sites for hydroxylation is 2. The Bertz CT molecular complexity index is 526. The molecule has 2 aromatic heterocycles. The number of hydrogen-bond acceptors (Lipinski definition) is 2. The van der Waals surface area contributed by atoms with Crippen LogP contribution in [0.5, 0.6) is 0 Å². The first kappa shape index (κ1) is 8.97. The van der Waals surface area contributed by atoms with Gasteiger partial charge >= 0.3 is 0 Å². The van der Waals surface area contributed by atoms with E-state index in [9.17, 15) is 4.79 Å². The Balaban J connectivity index is 3.04. The summed E-state index contributed by atoms with van der Waals surface area (Å²) in [4.78, 5) is 12.8. The quantitative estimate of drug-likeness (QED) is 0.712. The van der Waals surface area contributed by atoms with Gasteiger partial charge in [0.2, 0.25) is 0 Å². The molecule has 0 fully saturated rings. The van der Waals surface area contributed by atoms with E-state index >= 15 is 0 Å². The number of hydrogen-bond donors (Lipinski definition) is 0. The van der Waals surface area contributed by atoms with Gasteiger partial charge in [-0.15, -0.1) is 11.3 Å². The Morgan fingerprint density at radius 3 is 2.92 bits per heavy atom. The lowest BCUT2D eigenvalue weighted by atomic mass is 10.3. The summed E-state index contributed by atoms with van der Waals surface area (Å²) in [6.45, 7) is 2.01. The van der Waals surface area contributed by atoms with E-state index in [0.717, 1.165) is 14.6 Å². The molecule has 0 spiro atoms. The highest BCUT2D eigenvalue weighted by atomic mass is 79.9. The molecule has 2 aromatic rings. The number of thiophene rings is 1. The van der Waals surface area contributed by atoms with E-state index in [1.54, 1.807) is 29.1 Å². The summed E-state index contributed by atoms with van der Waals surface area (Å²) in [7, 11) is 1.76. The Hall–Kier alpha value is -0.610. The number of nitrogens with zero attached hydrogens (tertiary/aromatic N) is 1. The monoisotopic (exact) mass is 257 g/mol. The Morgan fingerprint density at radius 1 is 1.54 bits per heavy atom. The normalized spacial score (nSPS) is 11.0. The standard InChI is InChI=1S/C9H8BrNOS/c1-5-3-6-8(13-5)7(10)4-11(2)9(6)12/h3-4H,1-2H3. The summed E-state index contributed by atoms with van der Waals surface area (Å²) >= 11 is 5.09. The highest BCUT2D eigenvalue weighted by molar-refractivity contribution is 9.10. The first-order valence-electron chi connectivity index (χ1n) is 3.85. The maximum atomic E-state index is 11.6. The van der Waals surface area contributed by atoms with Crippen LogP contribution in [-0.4, -0.2) is 4.57 Å². The lowest BCUT2D eigenvalue weighted by Gasteiger charge is -1.98. The summed E-state index contributed by atoms with van der Waals surface area (Å²) in [6.07, 6.45) is 1.81. The maximum Gasteiger partial charge on any atom is 0.259 e. The fourth-order valence-electron chi connectivity index (χ4n) is 1.33. The van der Waals surface area contributed by atoms with Crippen molar-refractivity contribution in [1.29, 1.82) is 0 Å². The number of aromatic nitrogens is 1. The molecule has 0 aliphatic heterocycles. The minimum Gasteiger partial charge on any atom is -0.317 e. The molecule has 2 nitrogen and oxygen atoms in total. The van der Waals surface area contributed by atoms with Gasteiger partial charge in [0.25, 0.3) is 5.56 Å². The molecule has 2 rings (SSSR count). The van der Waals surface area contributed by atoms with Crippen LogP contribution in [0.3, 0.4) is 0 Å². The van der Waals surface area contributed by atoms with Gasteiger partial charge in [0.05, 0.1) is 14.6 Å². The molecule has 0 amide bonds. The Morgan fingerprint density at radius 2 is 2.23 bits per heavy atom. The molecule has 0 aromatic carbocycles. The average molecular weight is 258 g/mol. The molecule has 0 aliphatic rings. The van der Waals surface area contributed by atoms with E-state index in [2.05, 4.69) is 15.9 Å². The number of halogens is 1. The summed E-state index contributed by atoms with van der Waals surface area (Å²) in [5.41, 5.74) is 0.0718. The van der Waals surface area contributed by atoms with E-state index in [4.69, 9.17) is 0 Å². The predicted octanol–water partition coefficient (Wildman–Crippen LogP) is 2.67. The number of rotatable bonds is 0. The molecule has 13 heavy (non-hydrogen) atoms. The van der Waals surface area contributed by atoms with Crippen LogP contribution in [-0.2, 0) is 7.05 Å². The molecule has 0 N–H and O–H groups in total. The van der Waals surface area contributed by atoms with Gasteiger partial charge in [-0.05, 0) is 28.9 Å². The third kappa shape index (κ3) is 1.34. The summed E-state index contributed by atoms with van der Waals surface area (Å²) < 4.78 is 3.63. The molecule has 68 valence electrons. The molecule has 0 saturated heterocycles. The molecular weight excluding hydrogens is 250 g/mol. The SMILES string of the molecule is Cc1cc2c(=O)n(C)cc(Br)c2s1. The molecule has 2 heterocycles. The zero-order valence-corrected chi connectivity index (χ0v) is 9.70. The van der Waals surface area contributed by atoms with Crippen LogP contribution >= 0.6 is 27.3 Å². The smallest absolute Gasteiger partial charge is 0.259 e. The zero-order chi connectivity index (χ0) is 9.59. The fourth-order valence-corrected chi connectivity index (χ4v) is 3.00. The second kappa shape index (κ2) is 2.96. The van der Waals surface area contributed by atoms with Crippen LogP contribution in [0.1, 0.15) is 4.88 Å². The van der Waals surface area contributed by atoms with Gasteiger partial charge in [-0.1, -0.05) is 0 Å². The minimum atomic E-state index is 0.0718. The van der Waals surface area contributed by atoms with E-state index < -0.39 is 0 Å². The van der Waals surface area contributed by atoms with Gasteiger partial charge in [-0.25, -0.2) is 0 Å². The van der Waals surface area contributed by atoms with E-state index in [-0.39, 0.29) is 5.56 Å². The Kier molecular flexibility index (Phi) is 2.04. The number of fused-ring (bicyclic) bond motifs is 1. The first-order valence-corrected chi connectivity index (χ1v) is 5.46. The van der Waals surface area contributed by atoms with Gasteiger partial charge in [0, 0.05) is 18.1 Å². The van der Waals surface area contributed by atoms with Gasteiger partial charge in [0.1, 0.15) is 0 Å². The van der Waals surface area contributed by atoms with Gasteiger partial charge in [0.15, 0.2) is 0 Å². The highest BCUT2D eigenvalue weighted by Gasteiger charge is 2.07. The van der Waals surface area contributed by atoms with Gasteiger partial charge in [-0.2, -0.15) is 0 Å². The van der Waals surface area contributed by atoms with Crippen LogP contribution in [0.15, 0.2) is 21.5 Å². The zero-order valence-electron chi connectivity index (χ0n) is 7.30. The lowest BCUT2D eigenvalue weighted by molar-refractivity contribution is 0.870. The van der Waals surface area contributed by atoms with Crippen molar-refractivity contribution in [2.75, 3.05) is 0 Å². The van der Waals surface area contributed by atoms with Crippen molar-refractivity contribution in [3.8, 4) is 0 Å². The van der Waals surface area contributed by atoms with Gasteiger partial charge < -0.3 is 4.57 Å². The molecule has 0 aliphatic carbocycles. The van der Waals surface area contributed by atoms with Crippen molar-refractivity contribution in [3.63, 3.8) is 0 Å². The van der Waals surface area contributed by atoms with Crippen molar-refractivity contribution >= 4 is 37.4 Å². The van der Waals surface area contributed by atoms with Crippen molar-refractivity contribution in [1.82, 2.24) is 4.57 Å². The van der Waals surface area contributed by atoms with E-state index in [0.29, 0.717) is 0 Å². The van der Waals surface area contributed by atoms with Crippen LogP contribution < -0.4 is 5.56 Å². The van der Waals surface area contributed by atoms with Crippen molar-refractivity contribution < 1.29 is 0 Å². The van der Waals surface area contributed by atoms with Gasteiger partial charge in [-0.3, -0.25) is 4.79 Å². The third-order valence-electron chi connectivity index (χ3n) is 1.93. The molecule has 4 heteroatoms. The van der Waals surface area contributed by atoms with E-state index in [1.807, 2.05) is 13.0 Å². The first-order chi connectivity index (χ1) is 6.09. The lowest BCUT2D eigenvalue weighted by Crippen LogP contribution is -2.14. The molecule has 0 saturated carbocycles. The molecule has 0 bridgehead atoms. The minimum absolute atomic E-state index is 0.0718. The number of pyridine rings is 1. The summed E-state index contributed by atoms with van der Waals surface area (Å²) in [5.74, 6) is 0. The van der Waals surface area contributed by atoms with Crippen LogP contribution in [0.25, 0.3) is 10.1 Å². The van der Waals surface area contributed by atoms with Crippen molar-refractivity contribution in [3.05, 3.63) is 32.0 Å². The average Bonchev–Trinajstić information content (AvgIpc) is 2.44. The highest BCUT2D eigenvalue weighted by Crippen LogP contribution is 2.28. The largest absolute Gasteiger partial charge is 0.317 e. The molecule has 0 unspecified atom stereocenters. The maximum absolute atomic E-state index is 11.6. The third-order valence-corrected chi connectivity index (χ3v) is 3.88. The van der Waals surface area contributed by atoms with Crippen molar-refractivity contribution in [2.45, 2.75) is 6.92 Å². The second-order valence-corrected chi connectivity index (χ2v) is 5.10. The molecule has 0 atom stereocenters. The summed E-state index contributed by atoms with van der Waals surface area (Å²) in [6, 6.07) is 1.94. The predicted molar refractivity (Wildman–Crippen MR) is 59.5 cm³/mol.